The molecule has 0 aliphatic heterocycles. The minimum atomic E-state index is -3.49. The summed E-state index contributed by atoms with van der Waals surface area (Å²) < 4.78 is 28.2. The van der Waals surface area contributed by atoms with E-state index in [1.165, 1.54) is 63.2 Å². The van der Waals surface area contributed by atoms with Gasteiger partial charge in [0.15, 0.2) is 0 Å². The Morgan fingerprint density at radius 2 is 1.64 bits per heavy atom. The summed E-state index contributed by atoms with van der Waals surface area (Å²) in [5, 5.41) is 13.5. The van der Waals surface area contributed by atoms with Gasteiger partial charge in [0.25, 0.3) is 0 Å². The summed E-state index contributed by atoms with van der Waals surface area (Å²) in [6.45, 7) is 4.91. The molecule has 0 saturated heterocycles. The molecule has 1 aromatic carbocycles. The lowest BCUT2D eigenvalue weighted by atomic mass is 10.1. The third kappa shape index (κ3) is 11.8. The minimum absolute atomic E-state index is 0.325. The Morgan fingerprint density at radius 1 is 0.972 bits per heavy atom. The van der Waals surface area contributed by atoms with E-state index in [2.05, 4.69) is 21.8 Å². The van der Waals surface area contributed by atoms with E-state index in [4.69, 9.17) is 0 Å². The van der Waals surface area contributed by atoms with Gasteiger partial charge in [-0.3, -0.25) is 5.21 Å². The lowest BCUT2D eigenvalue weighted by Crippen LogP contribution is -2.24. The van der Waals surface area contributed by atoms with E-state index in [1.807, 2.05) is 12.1 Å². The average molecular weight is 540 g/mol. The van der Waals surface area contributed by atoms with Gasteiger partial charge in [-0.05, 0) is 36.2 Å². The fourth-order valence-corrected chi connectivity index (χ4v) is 6.22. The van der Waals surface area contributed by atoms with Crippen LogP contribution in [0.2, 0.25) is 0 Å². The molecule has 10 heteroatoms. The summed E-state index contributed by atoms with van der Waals surface area (Å²) in [7, 11) is -3.49. The van der Waals surface area contributed by atoms with E-state index in [9.17, 15) is 18.4 Å². The maximum Gasteiger partial charge on any atom is 0.332 e. The summed E-state index contributed by atoms with van der Waals surface area (Å²) in [6.07, 6.45) is 12.2. The van der Waals surface area contributed by atoms with E-state index < -0.39 is 16.0 Å². The maximum atomic E-state index is 12.6. The van der Waals surface area contributed by atoms with Crippen LogP contribution in [0.3, 0.4) is 0 Å². The predicted molar refractivity (Wildman–Crippen MR) is 144 cm³/mol. The first-order valence-corrected chi connectivity index (χ1v) is 15.2. The number of carbonyl (C=O) groups excluding carboxylic acids is 1. The second-order valence-electron chi connectivity index (χ2n) is 8.93. The smallest absolute Gasteiger partial charge is 0.315 e. The van der Waals surface area contributed by atoms with Gasteiger partial charge in [-0.1, -0.05) is 82.1 Å². The molecule has 0 atom stereocenters. The van der Waals surface area contributed by atoms with Gasteiger partial charge < -0.3 is 10.2 Å². The molecule has 0 bridgehead atoms. The number of anilines is 1. The molecular formula is C26H41N3O5S2. The molecule has 0 aliphatic carbocycles. The van der Waals surface area contributed by atoms with Crippen LogP contribution in [0.4, 0.5) is 5.69 Å². The van der Waals surface area contributed by atoms with Gasteiger partial charge in [0, 0.05) is 31.4 Å². The van der Waals surface area contributed by atoms with Gasteiger partial charge in [0.1, 0.15) is 9.90 Å². The average Bonchev–Trinajstić information content (AvgIpc) is 3.32. The highest BCUT2D eigenvalue weighted by Gasteiger charge is 2.16. The molecular weight excluding hydrogens is 498 g/mol. The molecule has 0 spiro atoms. The number of nitrogens with zero attached hydrogens (tertiary/aromatic N) is 1. The number of thiophene rings is 1. The monoisotopic (exact) mass is 539 g/mol. The molecule has 0 aliphatic rings. The van der Waals surface area contributed by atoms with Crippen LogP contribution in [-0.2, 0) is 32.7 Å². The Hall–Kier alpha value is -1.98. The van der Waals surface area contributed by atoms with Crippen LogP contribution in [0.5, 0.6) is 0 Å². The molecule has 36 heavy (non-hydrogen) atoms. The first-order chi connectivity index (χ1) is 17.3. The van der Waals surface area contributed by atoms with Crippen molar-refractivity contribution in [3.8, 4) is 0 Å². The van der Waals surface area contributed by atoms with Crippen molar-refractivity contribution in [1.82, 2.24) is 10.0 Å². The van der Waals surface area contributed by atoms with Gasteiger partial charge in [-0.25, -0.2) is 17.9 Å². The summed E-state index contributed by atoms with van der Waals surface area (Å²) in [5.41, 5.74) is 1.21. The number of rotatable bonds is 19. The maximum absolute atomic E-state index is 12.6. The van der Waals surface area contributed by atoms with Crippen LogP contribution in [0.15, 0.2) is 40.6 Å². The number of benzene rings is 1. The summed E-state index contributed by atoms with van der Waals surface area (Å²) in [4.78, 5) is 16.5. The summed E-state index contributed by atoms with van der Waals surface area (Å²) in [6, 6.07) is 10.4. The van der Waals surface area contributed by atoms with Crippen molar-refractivity contribution in [1.29, 1.82) is 0 Å². The largest absolute Gasteiger partial charge is 0.332 e. The van der Waals surface area contributed by atoms with Gasteiger partial charge in [-0.2, -0.15) is 0 Å². The molecule has 0 saturated carbocycles. The van der Waals surface area contributed by atoms with E-state index in [-0.39, 0.29) is 0 Å². The molecule has 0 radical (unpaired) electrons. The molecule has 1 heterocycles. The fourth-order valence-electron chi connectivity index (χ4n) is 3.78. The molecule has 8 nitrogen and oxygen atoms in total. The fraction of sp³-hybridized carbons (Fsp3) is 0.577. The van der Waals surface area contributed by atoms with Crippen LogP contribution in [0.25, 0.3) is 0 Å². The number of sulfonamides is 1. The SMILES string of the molecule is CCCCCCCCCCCCNS(=O)(=O)c1ccc(CNCc2cccc(N(O)OC(C)=O)c2)s1. The number of unbranched alkanes of at least 4 members (excludes halogenated alkanes) is 9. The van der Waals surface area contributed by atoms with Crippen LogP contribution in [-0.4, -0.2) is 26.1 Å². The topological polar surface area (TPSA) is 108 Å². The van der Waals surface area contributed by atoms with Gasteiger partial charge in [0.05, 0.1) is 0 Å². The van der Waals surface area contributed by atoms with Crippen molar-refractivity contribution in [3.63, 3.8) is 0 Å². The van der Waals surface area contributed by atoms with Crippen molar-refractivity contribution < 1.29 is 23.3 Å². The Bertz CT molecular complexity index is 1010. The van der Waals surface area contributed by atoms with Crippen LogP contribution in [0.1, 0.15) is 88.5 Å². The Labute approximate surface area is 220 Å². The van der Waals surface area contributed by atoms with Crippen molar-refractivity contribution in [2.75, 3.05) is 11.8 Å². The number of hydrogen-bond acceptors (Lipinski definition) is 8. The van der Waals surface area contributed by atoms with Gasteiger partial charge in [-0.15, -0.1) is 11.3 Å². The van der Waals surface area contributed by atoms with Crippen molar-refractivity contribution in [2.45, 2.75) is 95.4 Å². The standard InChI is InChI=1S/C26H41N3O5S2/c1-3-4-5-6-7-8-9-10-11-12-18-28-36(32,33)26-17-16-25(35-26)21-27-20-23-14-13-15-24(19-23)29(31)34-22(2)30/h13-17,19,27-28,31H,3-12,18,20-21H2,1-2H3. The predicted octanol–water partition coefficient (Wildman–Crippen LogP) is 5.91. The van der Waals surface area contributed by atoms with E-state index in [0.29, 0.717) is 34.8 Å². The quantitative estimate of drug-likeness (QED) is 0.150. The zero-order valence-corrected chi connectivity index (χ0v) is 23.1. The summed E-state index contributed by atoms with van der Waals surface area (Å²) in [5.74, 6) is -0.623. The van der Waals surface area contributed by atoms with Gasteiger partial charge in [0.2, 0.25) is 10.0 Å². The second-order valence-corrected chi connectivity index (χ2v) is 12.1. The minimum Gasteiger partial charge on any atom is -0.315 e. The molecule has 0 amide bonds. The molecule has 202 valence electrons. The van der Waals surface area contributed by atoms with Gasteiger partial charge >= 0.3 is 5.97 Å². The highest BCUT2D eigenvalue weighted by molar-refractivity contribution is 7.91. The zero-order chi connectivity index (χ0) is 26.2. The number of hydrogen-bond donors (Lipinski definition) is 3. The first-order valence-electron chi connectivity index (χ1n) is 12.9. The van der Waals surface area contributed by atoms with Crippen molar-refractivity contribution >= 4 is 33.0 Å². The van der Waals surface area contributed by atoms with E-state index in [1.54, 1.807) is 24.3 Å². The molecule has 0 unspecified atom stereocenters. The third-order valence-corrected chi connectivity index (χ3v) is 8.74. The number of nitrogens with one attached hydrogen (secondary N) is 2. The molecule has 0 fully saturated rings. The Kier molecular flexibility index (Phi) is 14.0. The highest BCUT2D eigenvalue weighted by atomic mass is 32.2. The molecule has 3 N–H and O–H groups in total. The van der Waals surface area contributed by atoms with Crippen molar-refractivity contribution in [2.24, 2.45) is 0 Å². The van der Waals surface area contributed by atoms with Crippen LogP contribution < -0.4 is 15.3 Å². The Balaban J connectivity index is 1.66. The molecule has 2 aromatic rings. The van der Waals surface area contributed by atoms with Crippen molar-refractivity contribution in [3.05, 3.63) is 46.8 Å². The normalized spacial score (nSPS) is 11.5. The summed E-state index contributed by atoms with van der Waals surface area (Å²) >= 11 is 1.25. The first kappa shape index (κ1) is 30.2. The second kappa shape index (κ2) is 16.7. The van der Waals surface area contributed by atoms with E-state index >= 15 is 0 Å². The van der Waals surface area contributed by atoms with Crippen LogP contribution in [0, 0.1) is 0 Å². The zero-order valence-electron chi connectivity index (χ0n) is 21.5. The lowest BCUT2D eigenvalue weighted by Gasteiger charge is -2.15. The van der Waals surface area contributed by atoms with E-state index in [0.717, 1.165) is 29.7 Å². The lowest BCUT2D eigenvalue weighted by molar-refractivity contribution is -0.153. The molecule has 2 rings (SSSR count). The highest BCUT2D eigenvalue weighted by Crippen LogP contribution is 2.22. The Morgan fingerprint density at radius 3 is 2.31 bits per heavy atom. The van der Waals surface area contributed by atoms with Crippen LogP contribution >= 0.6 is 11.3 Å². The number of carbonyl (C=O) groups is 1. The molecule has 1 aromatic heterocycles. The third-order valence-electron chi connectivity index (χ3n) is 5.70.